The van der Waals surface area contributed by atoms with Gasteiger partial charge in [0, 0.05) is 20.7 Å². The smallest absolute Gasteiger partial charge is 0.261 e. The highest BCUT2D eigenvalue weighted by Crippen LogP contribution is 2.38. The summed E-state index contributed by atoms with van der Waals surface area (Å²) in [4.78, 5) is 30.3. The molecule has 0 aromatic heterocycles. The molecular weight excluding hydrogens is 260 g/mol. The summed E-state index contributed by atoms with van der Waals surface area (Å²) >= 11 is 6.27. The molecule has 18 heavy (non-hydrogen) atoms. The highest BCUT2D eigenvalue weighted by molar-refractivity contribution is 6.21. The molecule has 1 N–H and O–H groups in total. The number of aliphatic hydroxyl groups is 1. The lowest BCUT2D eigenvalue weighted by Gasteiger charge is -2.26. The van der Waals surface area contributed by atoms with Crippen LogP contribution in [0.25, 0.3) is 0 Å². The van der Waals surface area contributed by atoms with E-state index in [4.69, 9.17) is 21.5 Å². The number of nitrogens with zero attached hydrogens (tertiary/aromatic N) is 2. The lowest BCUT2D eigenvalue weighted by molar-refractivity contribution is -0.168. The van der Waals surface area contributed by atoms with Crippen LogP contribution in [0.2, 0.25) is 0 Å². The van der Waals surface area contributed by atoms with Crippen molar-refractivity contribution in [3.63, 3.8) is 0 Å². The quantitative estimate of drug-likeness (QED) is 0.559. The average molecular weight is 277 g/mol. The maximum absolute atomic E-state index is 12.0. The fourth-order valence-electron chi connectivity index (χ4n) is 2.63. The number of hydrogen-bond donors (Lipinski definition) is 1. The number of likely N-dealkylation sites (N-methyl/N-ethyl adjacent to an activating group) is 1. The molecule has 2 fully saturated rings. The van der Waals surface area contributed by atoms with Crippen LogP contribution in [0.4, 0.5) is 0 Å². The Labute approximate surface area is 110 Å². The van der Waals surface area contributed by atoms with Crippen LogP contribution in [0.15, 0.2) is 0 Å². The van der Waals surface area contributed by atoms with Crippen molar-refractivity contribution >= 4 is 23.4 Å². The SMILES string of the molecule is CN1C(=O)[C@H]2[C@@H]([C@H](Cl)CCCO)N(C)O[C@H]2C1=O. The Morgan fingerprint density at radius 3 is 2.67 bits per heavy atom. The fourth-order valence-corrected chi connectivity index (χ4v) is 3.10. The summed E-state index contributed by atoms with van der Waals surface area (Å²) in [6.07, 6.45) is 0.395. The van der Waals surface area contributed by atoms with Gasteiger partial charge in [-0.25, -0.2) is 0 Å². The Morgan fingerprint density at radius 1 is 1.39 bits per heavy atom. The molecule has 0 aliphatic carbocycles. The van der Waals surface area contributed by atoms with E-state index in [1.165, 1.54) is 12.1 Å². The van der Waals surface area contributed by atoms with Crippen molar-refractivity contribution in [2.24, 2.45) is 5.92 Å². The molecule has 0 spiro atoms. The second-order valence-electron chi connectivity index (χ2n) is 4.71. The molecular formula is C11H17ClN2O4. The number of carbonyl (C=O) groups is 2. The number of hydrogen-bond acceptors (Lipinski definition) is 5. The molecule has 2 aliphatic heterocycles. The molecule has 0 aromatic rings. The van der Waals surface area contributed by atoms with Gasteiger partial charge in [0.15, 0.2) is 6.10 Å². The minimum absolute atomic E-state index is 0.0569. The molecule has 2 amide bonds. The van der Waals surface area contributed by atoms with Gasteiger partial charge in [0.05, 0.1) is 17.3 Å². The first-order valence-corrected chi connectivity index (χ1v) is 6.38. The molecule has 7 heteroatoms. The number of aliphatic hydroxyl groups excluding tert-OH is 1. The van der Waals surface area contributed by atoms with Gasteiger partial charge in [-0.05, 0) is 12.8 Å². The summed E-state index contributed by atoms with van der Waals surface area (Å²) in [7, 11) is 3.14. The van der Waals surface area contributed by atoms with Gasteiger partial charge in [-0.1, -0.05) is 0 Å². The fraction of sp³-hybridized carbons (Fsp3) is 0.818. The van der Waals surface area contributed by atoms with Crippen molar-refractivity contribution < 1.29 is 19.5 Å². The lowest BCUT2D eigenvalue weighted by atomic mass is 9.92. The first-order valence-electron chi connectivity index (χ1n) is 5.95. The number of hydroxylamine groups is 2. The summed E-state index contributed by atoms with van der Waals surface area (Å²) < 4.78 is 0. The van der Waals surface area contributed by atoms with Crippen molar-refractivity contribution in [2.45, 2.75) is 30.4 Å². The summed E-state index contributed by atoms with van der Waals surface area (Å²) in [6.45, 7) is 0.0569. The molecule has 0 radical (unpaired) electrons. The Kier molecular flexibility index (Phi) is 3.91. The number of imide groups is 1. The van der Waals surface area contributed by atoms with Crippen LogP contribution < -0.4 is 0 Å². The molecule has 2 heterocycles. The predicted octanol–water partition coefficient (Wildman–Crippen LogP) is -0.405. The number of amides is 2. The summed E-state index contributed by atoms with van der Waals surface area (Å²) in [6, 6.07) is -0.329. The first kappa shape index (κ1) is 13.7. The Balaban J connectivity index is 2.16. The predicted molar refractivity (Wildman–Crippen MR) is 63.7 cm³/mol. The van der Waals surface area contributed by atoms with Crippen molar-refractivity contribution in [1.82, 2.24) is 9.96 Å². The number of carbonyl (C=O) groups excluding carboxylic acids is 2. The summed E-state index contributed by atoms with van der Waals surface area (Å²) in [5.41, 5.74) is 0. The van der Waals surface area contributed by atoms with Crippen LogP contribution >= 0.6 is 11.6 Å². The summed E-state index contributed by atoms with van der Waals surface area (Å²) in [5.74, 6) is -1.09. The maximum atomic E-state index is 12.0. The molecule has 2 saturated heterocycles. The lowest BCUT2D eigenvalue weighted by Crippen LogP contribution is -2.42. The van der Waals surface area contributed by atoms with E-state index < -0.39 is 12.0 Å². The van der Waals surface area contributed by atoms with Gasteiger partial charge in [0.2, 0.25) is 5.91 Å². The van der Waals surface area contributed by atoms with Gasteiger partial charge in [0.25, 0.3) is 5.91 Å². The number of rotatable bonds is 4. The zero-order valence-electron chi connectivity index (χ0n) is 10.4. The molecule has 2 rings (SSSR count). The van der Waals surface area contributed by atoms with E-state index in [0.29, 0.717) is 12.8 Å². The van der Waals surface area contributed by atoms with Gasteiger partial charge in [-0.15, -0.1) is 11.6 Å². The number of halogens is 1. The van der Waals surface area contributed by atoms with E-state index in [-0.39, 0.29) is 29.8 Å². The molecule has 0 aromatic carbocycles. The van der Waals surface area contributed by atoms with Crippen LogP contribution in [0.1, 0.15) is 12.8 Å². The van der Waals surface area contributed by atoms with Crippen LogP contribution in [0.5, 0.6) is 0 Å². The molecule has 6 nitrogen and oxygen atoms in total. The molecule has 2 aliphatic rings. The van der Waals surface area contributed by atoms with Crippen molar-refractivity contribution in [3.05, 3.63) is 0 Å². The Bertz CT molecular complexity index is 365. The van der Waals surface area contributed by atoms with E-state index in [9.17, 15) is 9.59 Å². The van der Waals surface area contributed by atoms with E-state index in [1.54, 1.807) is 7.05 Å². The third-order valence-corrected chi connectivity index (χ3v) is 4.07. The van der Waals surface area contributed by atoms with Crippen LogP contribution in [-0.2, 0) is 14.4 Å². The number of fused-ring (bicyclic) bond motifs is 1. The third kappa shape index (κ3) is 2.03. The second kappa shape index (κ2) is 5.13. The average Bonchev–Trinajstić information content (AvgIpc) is 2.78. The van der Waals surface area contributed by atoms with E-state index >= 15 is 0 Å². The molecule has 0 bridgehead atoms. The van der Waals surface area contributed by atoms with E-state index in [2.05, 4.69) is 0 Å². The highest BCUT2D eigenvalue weighted by atomic mass is 35.5. The molecule has 4 atom stereocenters. The van der Waals surface area contributed by atoms with Gasteiger partial charge in [-0.2, -0.15) is 5.06 Å². The third-order valence-electron chi connectivity index (χ3n) is 3.59. The van der Waals surface area contributed by atoms with Gasteiger partial charge < -0.3 is 5.11 Å². The van der Waals surface area contributed by atoms with Gasteiger partial charge in [-0.3, -0.25) is 19.3 Å². The van der Waals surface area contributed by atoms with Crippen molar-refractivity contribution in [3.8, 4) is 0 Å². The number of alkyl halides is 1. The Hall–Kier alpha value is -0.690. The van der Waals surface area contributed by atoms with E-state index in [0.717, 1.165) is 4.90 Å². The van der Waals surface area contributed by atoms with Gasteiger partial charge >= 0.3 is 0 Å². The van der Waals surface area contributed by atoms with Crippen molar-refractivity contribution in [2.75, 3.05) is 20.7 Å². The molecule has 0 unspecified atom stereocenters. The zero-order valence-corrected chi connectivity index (χ0v) is 11.1. The monoisotopic (exact) mass is 276 g/mol. The second-order valence-corrected chi connectivity index (χ2v) is 5.27. The highest BCUT2D eigenvalue weighted by Gasteiger charge is 2.58. The first-order chi connectivity index (χ1) is 8.49. The van der Waals surface area contributed by atoms with Crippen LogP contribution in [-0.4, -0.2) is 65.1 Å². The minimum atomic E-state index is -0.743. The molecule has 0 saturated carbocycles. The maximum Gasteiger partial charge on any atom is 0.261 e. The van der Waals surface area contributed by atoms with Gasteiger partial charge in [0.1, 0.15) is 0 Å². The van der Waals surface area contributed by atoms with Crippen LogP contribution in [0.3, 0.4) is 0 Å². The largest absolute Gasteiger partial charge is 0.396 e. The summed E-state index contributed by atoms with van der Waals surface area (Å²) in [5, 5.41) is 9.99. The normalized spacial score (nSPS) is 34.2. The Morgan fingerprint density at radius 2 is 2.06 bits per heavy atom. The zero-order chi connectivity index (χ0) is 13.4. The molecule has 102 valence electrons. The van der Waals surface area contributed by atoms with Crippen molar-refractivity contribution in [1.29, 1.82) is 0 Å². The van der Waals surface area contributed by atoms with E-state index in [1.807, 2.05) is 0 Å². The van der Waals surface area contributed by atoms with Crippen LogP contribution in [0, 0.1) is 5.92 Å². The standard InChI is InChI=1S/C11H17ClN2O4/c1-13-10(16)7-8(6(12)4-3-5-15)14(2)18-9(7)11(13)17/h6-9,15H,3-5H2,1-2H3/t6-,7+,8-,9-/m1/s1. The number of likely N-dealkylation sites (tertiary alicyclic amines) is 1. The topological polar surface area (TPSA) is 70.1 Å². The minimum Gasteiger partial charge on any atom is -0.396 e.